The van der Waals surface area contributed by atoms with E-state index >= 15 is 0 Å². The number of Topliss-reactive ketones (excluding diaryl/α,β-unsaturated/α-hetero) is 1. The van der Waals surface area contributed by atoms with Gasteiger partial charge in [0.15, 0.2) is 5.78 Å². The first-order valence-electron chi connectivity index (χ1n) is 17.5. The molecular formula is C39H55N5O2S2. The number of thiophene rings is 1. The van der Waals surface area contributed by atoms with Crippen LogP contribution in [0.4, 0.5) is 5.69 Å². The maximum atomic E-state index is 13.7. The molecule has 0 spiro atoms. The van der Waals surface area contributed by atoms with Crippen LogP contribution in [0.3, 0.4) is 0 Å². The van der Waals surface area contributed by atoms with Crippen molar-refractivity contribution in [2.45, 2.75) is 86.1 Å². The Bertz CT molecular complexity index is 1540. The van der Waals surface area contributed by atoms with Gasteiger partial charge in [-0.25, -0.2) is 0 Å². The van der Waals surface area contributed by atoms with Crippen LogP contribution in [0.25, 0.3) is 5.57 Å². The summed E-state index contributed by atoms with van der Waals surface area (Å²) >= 11 is 6.22. The fourth-order valence-corrected chi connectivity index (χ4v) is 7.57. The molecule has 1 aromatic heterocycles. The minimum Gasteiger partial charge on any atom is -0.385 e. The summed E-state index contributed by atoms with van der Waals surface area (Å²) in [5.74, 6) is 0.922. The van der Waals surface area contributed by atoms with Crippen LogP contribution in [0, 0.1) is 12.8 Å². The lowest BCUT2D eigenvalue weighted by molar-refractivity contribution is -0.119. The quantitative estimate of drug-likeness (QED) is 0.0746. The monoisotopic (exact) mass is 689 g/mol. The molecule has 4 N–H and O–H groups in total. The van der Waals surface area contributed by atoms with Crippen molar-refractivity contribution in [3.8, 4) is 0 Å². The number of aryl methyl sites for hydroxylation is 2. The first-order chi connectivity index (χ1) is 23.1. The Kier molecular flexibility index (Phi) is 14.0. The lowest BCUT2D eigenvalue weighted by Crippen LogP contribution is -2.49. The number of nitrogens with one attached hydrogen (secondary N) is 2. The van der Waals surface area contributed by atoms with Crippen molar-refractivity contribution < 1.29 is 9.59 Å². The lowest BCUT2D eigenvalue weighted by Gasteiger charge is -2.38. The molecule has 1 unspecified atom stereocenters. The molecule has 4 rings (SSSR count). The van der Waals surface area contributed by atoms with Gasteiger partial charge in [-0.3, -0.25) is 14.5 Å². The summed E-state index contributed by atoms with van der Waals surface area (Å²) in [6.07, 6.45) is 14.3. The largest absolute Gasteiger partial charge is 0.385 e. The first kappa shape index (κ1) is 37.5. The van der Waals surface area contributed by atoms with Gasteiger partial charge in [0.05, 0.1) is 16.4 Å². The van der Waals surface area contributed by atoms with E-state index in [1.807, 2.05) is 70.2 Å². The number of benzene rings is 1. The second-order valence-corrected chi connectivity index (χ2v) is 14.7. The number of nitrogens with two attached hydrogens (primary N) is 1. The van der Waals surface area contributed by atoms with Crippen LogP contribution < -0.4 is 16.4 Å². The Hall–Kier alpha value is -3.27. The van der Waals surface area contributed by atoms with Gasteiger partial charge in [0.2, 0.25) is 0 Å². The van der Waals surface area contributed by atoms with Crippen molar-refractivity contribution in [3.63, 3.8) is 0 Å². The Balaban J connectivity index is 1.57. The van der Waals surface area contributed by atoms with E-state index in [2.05, 4.69) is 53.0 Å². The fourth-order valence-electron chi connectivity index (χ4n) is 6.23. The van der Waals surface area contributed by atoms with E-state index in [1.54, 1.807) is 11.3 Å². The molecule has 1 saturated heterocycles. The molecule has 2 aliphatic rings. The van der Waals surface area contributed by atoms with Crippen LogP contribution in [0.1, 0.15) is 91.5 Å². The van der Waals surface area contributed by atoms with Crippen molar-refractivity contribution in [1.29, 1.82) is 0 Å². The maximum Gasteiger partial charge on any atom is 0.265 e. The average Bonchev–Trinajstić information content (AvgIpc) is 3.38. The van der Waals surface area contributed by atoms with Crippen LogP contribution in [-0.4, -0.2) is 59.5 Å². The standard InChI is InChI=1S/C39H55N5O2S2/c1-7-27(5)38(45)34(41-31(25-47)17-18-37(40)44-21-19-43(20-22-44)26(3)4)23-29(8-2)32-14-12-15-33(28(32)6)42-39(46)36-24-30-13-10-9-11-16-35(30)48-36/h8,12,14-15,17-18,23-24,26-27,41,47H,7,9-11,13,16,19-22,25,40H2,1-6H3,(H,42,46)/b29-8+,31-17+,34-23+,37-18+. The Morgan fingerprint density at radius 2 is 1.79 bits per heavy atom. The summed E-state index contributed by atoms with van der Waals surface area (Å²) < 4.78 is 0. The third-order valence-electron chi connectivity index (χ3n) is 9.63. The van der Waals surface area contributed by atoms with Crippen LogP contribution in [0.5, 0.6) is 0 Å². The van der Waals surface area contributed by atoms with Crippen molar-refractivity contribution in [2.24, 2.45) is 11.7 Å². The number of thiol groups is 1. The summed E-state index contributed by atoms with van der Waals surface area (Å²) in [5.41, 5.74) is 12.7. The highest BCUT2D eigenvalue weighted by Crippen LogP contribution is 2.31. The highest BCUT2D eigenvalue weighted by atomic mass is 32.1. The van der Waals surface area contributed by atoms with E-state index in [9.17, 15) is 9.59 Å². The van der Waals surface area contributed by atoms with E-state index < -0.39 is 0 Å². The number of hydrogen-bond donors (Lipinski definition) is 4. The van der Waals surface area contributed by atoms with E-state index in [4.69, 9.17) is 5.73 Å². The molecule has 1 atom stereocenters. The molecule has 48 heavy (non-hydrogen) atoms. The third-order valence-corrected chi connectivity index (χ3v) is 11.2. The summed E-state index contributed by atoms with van der Waals surface area (Å²) in [5, 5.41) is 6.58. The van der Waals surface area contributed by atoms with Crippen molar-refractivity contribution >= 4 is 46.9 Å². The van der Waals surface area contributed by atoms with Crippen molar-refractivity contribution in [2.75, 3.05) is 37.2 Å². The van der Waals surface area contributed by atoms with Crippen LogP contribution in [0.2, 0.25) is 0 Å². The molecule has 0 radical (unpaired) electrons. The molecule has 1 aliphatic carbocycles. The molecule has 1 amide bonds. The van der Waals surface area contributed by atoms with Crippen molar-refractivity contribution in [3.05, 3.63) is 92.2 Å². The number of ketones is 1. The molecule has 1 fully saturated rings. The first-order valence-corrected chi connectivity index (χ1v) is 19.0. The molecule has 1 aliphatic heterocycles. The van der Waals surface area contributed by atoms with Gasteiger partial charge >= 0.3 is 0 Å². The topological polar surface area (TPSA) is 90.7 Å². The van der Waals surface area contributed by atoms with Crippen LogP contribution in [-0.2, 0) is 17.6 Å². The Labute approximate surface area is 297 Å². The number of rotatable bonds is 13. The molecular weight excluding hydrogens is 635 g/mol. The smallest absolute Gasteiger partial charge is 0.265 e. The highest BCUT2D eigenvalue weighted by molar-refractivity contribution is 7.80. The molecule has 7 nitrogen and oxygen atoms in total. The number of hydrogen-bond acceptors (Lipinski definition) is 8. The second kappa shape index (κ2) is 17.9. The van der Waals surface area contributed by atoms with Gasteiger partial charge < -0.3 is 21.3 Å². The van der Waals surface area contributed by atoms with Gasteiger partial charge in [0.25, 0.3) is 5.91 Å². The van der Waals surface area contributed by atoms with E-state index in [-0.39, 0.29) is 17.6 Å². The molecule has 0 saturated carbocycles. The normalized spacial score (nSPS) is 17.6. The number of nitrogens with zero attached hydrogens (tertiary/aromatic N) is 2. The number of allylic oxidation sites excluding steroid dienone is 6. The zero-order chi connectivity index (χ0) is 34.8. The minimum absolute atomic E-state index is 0.0332. The SMILES string of the molecule is C/C=C(\C=C(\N/C(=C/C=C(\N)N1CCN(C(C)C)CC1)CS)C(=O)C(C)CC)c1cccc(NC(=O)c2cc3c(s2)CCCCC3)c1C. The predicted octanol–water partition coefficient (Wildman–Crippen LogP) is 7.71. The van der Waals surface area contributed by atoms with Gasteiger partial charge in [-0.1, -0.05) is 38.5 Å². The number of fused-ring (bicyclic) bond motifs is 1. The molecule has 0 bridgehead atoms. The number of anilines is 1. The van der Waals surface area contributed by atoms with Crippen molar-refractivity contribution in [1.82, 2.24) is 15.1 Å². The minimum atomic E-state index is -0.159. The number of amides is 1. The van der Waals surface area contributed by atoms with Gasteiger partial charge in [0, 0.05) is 60.2 Å². The van der Waals surface area contributed by atoms with E-state index in [1.165, 1.54) is 29.7 Å². The number of piperazine rings is 1. The van der Waals surface area contributed by atoms with Crippen LogP contribution >= 0.6 is 24.0 Å². The van der Waals surface area contributed by atoms with E-state index in [0.29, 0.717) is 23.3 Å². The lowest BCUT2D eigenvalue weighted by atomic mass is 9.95. The summed E-state index contributed by atoms with van der Waals surface area (Å²) in [6, 6.07) is 8.54. The van der Waals surface area contributed by atoms with Gasteiger partial charge in [-0.2, -0.15) is 12.6 Å². The molecule has 1 aromatic carbocycles. The van der Waals surface area contributed by atoms with Gasteiger partial charge in [0.1, 0.15) is 0 Å². The van der Waals surface area contributed by atoms with Crippen LogP contribution in [0.15, 0.2) is 65.8 Å². The number of carbonyl (C=O) groups excluding carboxylic acids is 2. The summed E-state index contributed by atoms with van der Waals surface area (Å²) in [7, 11) is 0. The zero-order valence-electron chi connectivity index (χ0n) is 29.7. The zero-order valence-corrected chi connectivity index (χ0v) is 31.4. The van der Waals surface area contributed by atoms with Gasteiger partial charge in [-0.05, 0) is 112 Å². The molecule has 2 aromatic rings. The molecule has 260 valence electrons. The Morgan fingerprint density at radius 3 is 2.46 bits per heavy atom. The summed E-state index contributed by atoms with van der Waals surface area (Å²) in [4.78, 5) is 33.9. The van der Waals surface area contributed by atoms with Gasteiger partial charge in [-0.15, -0.1) is 11.3 Å². The fraction of sp³-hybridized carbons (Fsp3) is 0.487. The number of carbonyl (C=O) groups is 2. The highest BCUT2D eigenvalue weighted by Gasteiger charge is 2.21. The van der Waals surface area contributed by atoms with E-state index in [0.717, 1.165) is 78.4 Å². The molecule has 9 heteroatoms. The average molecular weight is 690 g/mol. The maximum absolute atomic E-state index is 13.7. The Morgan fingerprint density at radius 1 is 1.06 bits per heavy atom. The summed E-state index contributed by atoms with van der Waals surface area (Å²) in [6.45, 7) is 16.1. The molecule has 2 heterocycles. The predicted molar refractivity (Wildman–Crippen MR) is 207 cm³/mol. The second-order valence-electron chi connectivity index (χ2n) is 13.2. The third kappa shape index (κ3) is 9.67.